The second kappa shape index (κ2) is 9.19. The first-order valence-corrected chi connectivity index (χ1v) is 10.8. The van der Waals surface area contributed by atoms with Crippen molar-refractivity contribution in [1.29, 1.82) is 0 Å². The Hall–Kier alpha value is -2.03. The highest BCUT2D eigenvalue weighted by Crippen LogP contribution is 2.25. The SMILES string of the molecule is NN1CCC(CCN2CCN(c3ccc(C4CCC(=O)NC4=O)nc3)CC2)CC1. The molecule has 3 N–H and O–H groups in total. The van der Waals surface area contributed by atoms with Crippen LogP contribution in [0, 0.1) is 5.92 Å². The number of amides is 2. The lowest BCUT2D eigenvalue weighted by molar-refractivity contribution is -0.134. The Morgan fingerprint density at radius 2 is 1.79 bits per heavy atom. The van der Waals surface area contributed by atoms with Gasteiger partial charge in [-0.3, -0.25) is 30.6 Å². The molecular formula is C21H32N6O2. The molecule has 4 rings (SSSR count). The monoisotopic (exact) mass is 400 g/mol. The molecule has 3 aliphatic heterocycles. The maximum Gasteiger partial charge on any atom is 0.235 e. The molecule has 3 saturated heterocycles. The third kappa shape index (κ3) is 5.12. The smallest absolute Gasteiger partial charge is 0.235 e. The van der Waals surface area contributed by atoms with Crippen molar-refractivity contribution in [1.82, 2.24) is 20.2 Å². The van der Waals surface area contributed by atoms with Gasteiger partial charge < -0.3 is 4.90 Å². The number of rotatable bonds is 5. The van der Waals surface area contributed by atoms with Gasteiger partial charge in [-0.05, 0) is 50.3 Å². The number of aromatic nitrogens is 1. The molecule has 0 spiro atoms. The van der Waals surface area contributed by atoms with Crippen molar-refractivity contribution in [2.75, 3.05) is 50.7 Å². The number of imide groups is 1. The molecule has 158 valence electrons. The summed E-state index contributed by atoms with van der Waals surface area (Å²) in [6, 6.07) is 3.99. The number of pyridine rings is 1. The van der Waals surface area contributed by atoms with E-state index >= 15 is 0 Å². The van der Waals surface area contributed by atoms with E-state index in [4.69, 9.17) is 5.84 Å². The Morgan fingerprint density at radius 1 is 1.03 bits per heavy atom. The van der Waals surface area contributed by atoms with Crippen molar-refractivity contribution in [2.45, 2.75) is 38.0 Å². The van der Waals surface area contributed by atoms with E-state index in [0.29, 0.717) is 12.8 Å². The lowest BCUT2D eigenvalue weighted by atomic mass is 9.94. The van der Waals surface area contributed by atoms with Crippen LogP contribution in [-0.2, 0) is 9.59 Å². The molecule has 1 aromatic rings. The maximum absolute atomic E-state index is 12.0. The number of hydrogen-bond acceptors (Lipinski definition) is 7. The van der Waals surface area contributed by atoms with Crippen LogP contribution >= 0.6 is 0 Å². The number of piperazine rings is 1. The predicted molar refractivity (Wildman–Crippen MR) is 111 cm³/mol. The summed E-state index contributed by atoms with van der Waals surface area (Å²) in [5.41, 5.74) is 1.86. The largest absolute Gasteiger partial charge is 0.368 e. The minimum absolute atomic E-state index is 0.189. The normalized spacial score (nSPS) is 25.3. The minimum atomic E-state index is -0.315. The van der Waals surface area contributed by atoms with E-state index in [-0.39, 0.29) is 17.7 Å². The van der Waals surface area contributed by atoms with E-state index in [1.54, 1.807) is 0 Å². The van der Waals surface area contributed by atoms with E-state index in [1.165, 1.54) is 25.8 Å². The lowest BCUT2D eigenvalue weighted by Crippen LogP contribution is -2.47. The Labute approximate surface area is 172 Å². The molecule has 0 bridgehead atoms. The molecule has 1 atom stereocenters. The quantitative estimate of drug-likeness (QED) is 0.555. The van der Waals surface area contributed by atoms with Gasteiger partial charge in [-0.25, -0.2) is 5.01 Å². The summed E-state index contributed by atoms with van der Waals surface area (Å²) in [7, 11) is 0. The van der Waals surface area contributed by atoms with E-state index in [9.17, 15) is 9.59 Å². The molecule has 8 heteroatoms. The maximum atomic E-state index is 12.0. The Morgan fingerprint density at radius 3 is 2.45 bits per heavy atom. The van der Waals surface area contributed by atoms with Crippen molar-refractivity contribution in [3.05, 3.63) is 24.0 Å². The van der Waals surface area contributed by atoms with Crippen molar-refractivity contribution in [3.8, 4) is 0 Å². The predicted octanol–water partition coefficient (Wildman–Crippen LogP) is 0.700. The van der Waals surface area contributed by atoms with Crippen LogP contribution < -0.4 is 16.1 Å². The van der Waals surface area contributed by atoms with E-state index in [1.807, 2.05) is 17.3 Å². The Bertz CT molecular complexity index is 708. The zero-order chi connectivity index (χ0) is 20.2. The second-order valence-electron chi connectivity index (χ2n) is 8.54. The molecule has 3 fully saturated rings. The fraction of sp³-hybridized carbons (Fsp3) is 0.667. The molecule has 0 radical (unpaired) electrons. The van der Waals surface area contributed by atoms with Gasteiger partial charge in [0.25, 0.3) is 0 Å². The molecule has 0 saturated carbocycles. The third-order valence-electron chi connectivity index (χ3n) is 6.61. The highest BCUT2D eigenvalue weighted by atomic mass is 16.2. The number of nitrogens with one attached hydrogen (secondary N) is 1. The van der Waals surface area contributed by atoms with Crippen molar-refractivity contribution < 1.29 is 9.59 Å². The van der Waals surface area contributed by atoms with Crippen LogP contribution in [0.4, 0.5) is 5.69 Å². The molecular weight excluding hydrogens is 368 g/mol. The van der Waals surface area contributed by atoms with Crippen LogP contribution in [0.25, 0.3) is 0 Å². The summed E-state index contributed by atoms with van der Waals surface area (Å²) in [6.45, 7) is 7.38. The highest BCUT2D eigenvalue weighted by Gasteiger charge is 2.29. The first-order valence-electron chi connectivity index (χ1n) is 10.8. The zero-order valence-corrected chi connectivity index (χ0v) is 17.1. The van der Waals surface area contributed by atoms with Crippen LogP contribution in [0.15, 0.2) is 18.3 Å². The second-order valence-corrected chi connectivity index (χ2v) is 8.54. The van der Waals surface area contributed by atoms with Gasteiger partial charge in [-0.1, -0.05) is 0 Å². The molecule has 0 aromatic carbocycles. The number of carbonyl (C=O) groups excluding carboxylic acids is 2. The average molecular weight is 401 g/mol. The molecule has 29 heavy (non-hydrogen) atoms. The number of nitrogens with two attached hydrogens (primary N) is 1. The molecule has 8 nitrogen and oxygen atoms in total. The number of nitrogens with zero attached hydrogens (tertiary/aromatic N) is 4. The van der Waals surface area contributed by atoms with Gasteiger partial charge in [0, 0.05) is 45.7 Å². The third-order valence-corrected chi connectivity index (χ3v) is 6.61. The molecule has 2 amide bonds. The van der Waals surface area contributed by atoms with Gasteiger partial charge in [0.05, 0.1) is 23.5 Å². The number of carbonyl (C=O) groups is 2. The fourth-order valence-electron chi connectivity index (χ4n) is 4.60. The van der Waals surface area contributed by atoms with Crippen molar-refractivity contribution in [2.24, 2.45) is 11.8 Å². The minimum Gasteiger partial charge on any atom is -0.368 e. The van der Waals surface area contributed by atoms with Gasteiger partial charge in [0.2, 0.25) is 11.8 Å². The van der Waals surface area contributed by atoms with E-state index in [2.05, 4.69) is 26.2 Å². The van der Waals surface area contributed by atoms with Crippen LogP contribution in [0.2, 0.25) is 0 Å². The molecule has 1 aromatic heterocycles. The number of piperidine rings is 2. The van der Waals surface area contributed by atoms with Crippen molar-refractivity contribution in [3.63, 3.8) is 0 Å². The Kier molecular flexibility index (Phi) is 6.42. The van der Waals surface area contributed by atoms with Crippen LogP contribution in [0.5, 0.6) is 0 Å². The summed E-state index contributed by atoms with van der Waals surface area (Å²) >= 11 is 0. The summed E-state index contributed by atoms with van der Waals surface area (Å²) in [5.74, 6) is 5.93. The van der Waals surface area contributed by atoms with E-state index < -0.39 is 0 Å². The van der Waals surface area contributed by atoms with E-state index in [0.717, 1.165) is 56.6 Å². The van der Waals surface area contributed by atoms with Gasteiger partial charge in [0.1, 0.15) is 0 Å². The fourth-order valence-corrected chi connectivity index (χ4v) is 4.60. The topological polar surface area (TPSA) is 94.8 Å². The van der Waals surface area contributed by atoms with Crippen LogP contribution in [0.3, 0.4) is 0 Å². The molecule has 0 aliphatic carbocycles. The van der Waals surface area contributed by atoms with Crippen LogP contribution in [-0.4, -0.2) is 72.5 Å². The van der Waals surface area contributed by atoms with Crippen molar-refractivity contribution >= 4 is 17.5 Å². The van der Waals surface area contributed by atoms with Gasteiger partial charge in [0.15, 0.2) is 0 Å². The Balaban J connectivity index is 1.23. The number of hydrazine groups is 1. The summed E-state index contributed by atoms with van der Waals surface area (Å²) < 4.78 is 0. The summed E-state index contributed by atoms with van der Waals surface area (Å²) in [5, 5.41) is 4.35. The first kappa shape index (κ1) is 20.3. The van der Waals surface area contributed by atoms with Gasteiger partial charge >= 0.3 is 0 Å². The number of anilines is 1. The average Bonchev–Trinajstić information content (AvgIpc) is 2.74. The highest BCUT2D eigenvalue weighted by molar-refractivity contribution is 6.00. The molecule has 3 aliphatic rings. The zero-order valence-electron chi connectivity index (χ0n) is 17.1. The lowest BCUT2D eigenvalue weighted by Gasteiger charge is -2.37. The standard InChI is InChI=1S/C21H32N6O2/c22-27-9-6-16(7-10-27)5-8-25-11-13-26(14-12-25)17-1-3-19(23-15-17)18-2-4-20(28)24-21(18)29/h1,3,15-16,18H,2,4-14,22H2,(H,24,28,29). The first-order chi connectivity index (χ1) is 14.1. The molecule has 1 unspecified atom stereocenters. The summed E-state index contributed by atoms with van der Waals surface area (Å²) in [6.07, 6.45) is 6.52. The summed E-state index contributed by atoms with van der Waals surface area (Å²) in [4.78, 5) is 32.8. The van der Waals surface area contributed by atoms with Gasteiger partial charge in [-0.2, -0.15) is 0 Å². The van der Waals surface area contributed by atoms with Crippen LogP contribution in [0.1, 0.15) is 43.7 Å². The van der Waals surface area contributed by atoms with Gasteiger partial charge in [-0.15, -0.1) is 0 Å². The number of hydrogen-bond donors (Lipinski definition) is 2. The molecule has 4 heterocycles.